The van der Waals surface area contributed by atoms with Crippen LogP contribution in [0.5, 0.6) is 11.5 Å². The van der Waals surface area contributed by atoms with E-state index in [-0.39, 0.29) is 41.1 Å². The zero-order valence-corrected chi connectivity index (χ0v) is 23.6. The molecule has 0 saturated carbocycles. The Morgan fingerprint density at radius 2 is 1.81 bits per heavy atom. The third-order valence-electron chi connectivity index (χ3n) is 8.12. The van der Waals surface area contributed by atoms with Gasteiger partial charge in [0, 0.05) is 31.7 Å². The summed E-state index contributed by atoms with van der Waals surface area (Å²) in [6.45, 7) is 6.66. The van der Waals surface area contributed by atoms with Crippen molar-refractivity contribution < 1.29 is 9.53 Å². The van der Waals surface area contributed by atoms with Gasteiger partial charge in [-0.3, -0.25) is 18.8 Å². The Bertz CT molecular complexity index is 1760. The maximum Gasteiger partial charge on any atom is 0.335 e. The molecule has 2 N–H and O–H groups in total. The van der Waals surface area contributed by atoms with Crippen LogP contribution in [0.1, 0.15) is 26.7 Å². The first-order chi connectivity index (χ1) is 20.3. The van der Waals surface area contributed by atoms with Gasteiger partial charge in [0.05, 0.1) is 11.7 Å². The maximum atomic E-state index is 13.9. The van der Waals surface area contributed by atoms with E-state index in [0.29, 0.717) is 41.3 Å². The molecule has 4 heterocycles. The van der Waals surface area contributed by atoms with E-state index in [0.717, 1.165) is 19.5 Å². The number of rotatable bonds is 8. The van der Waals surface area contributed by atoms with Crippen molar-refractivity contribution in [1.29, 1.82) is 5.26 Å². The number of likely N-dealkylation sites (tertiary alicyclic amines) is 2. The number of anilines is 1. The highest BCUT2D eigenvalue weighted by molar-refractivity contribution is 5.98. The van der Waals surface area contributed by atoms with Crippen LogP contribution in [0.15, 0.2) is 77.4 Å². The first-order valence-corrected chi connectivity index (χ1v) is 14.0. The van der Waals surface area contributed by atoms with Gasteiger partial charge >= 0.3 is 5.69 Å². The average molecular weight is 565 g/mol. The number of nitrogens with two attached hydrogens (primary N) is 1. The van der Waals surface area contributed by atoms with Gasteiger partial charge in [0.25, 0.3) is 5.91 Å². The Hall–Kier alpha value is -4.95. The molecule has 2 aliphatic rings. The molecule has 1 amide bonds. The molecule has 214 valence electrons. The third-order valence-corrected chi connectivity index (χ3v) is 8.12. The summed E-state index contributed by atoms with van der Waals surface area (Å²) in [7, 11) is 0. The number of aromatic nitrogens is 4. The number of para-hydroxylation sites is 1. The number of carbonyl (C=O) groups is 1. The van der Waals surface area contributed by atoms with Gasteiger partial charge in [-0.05, 0) is 69.2 Å². The number of imidazole rings is 1. The van der Waals surface area contributed by atoms with Crippen LogP contribution in [0.25, 0.3) is 16.9 Å². The molecule has 2 aromatic heterocycles. The molecule has 2 fully saturated rings. The fourth-order valence-electron chi connectivity index (χ4n) is 5.54. The molecule has 0 spiro atoms. The lowest BCUT2D eigenvalue weighted by Gasteiger charge is -2.44. The van der Waals surface area contributed by atoms with Crippen LogP contribution >= 0.6 is 0 Å². The van der Waals surface area contributed by atoms with Crippen LogP contribution in [0.4, 0.5) is 5.82 Å². The first kappa shape index (κ1) is 27.2. The molecular formula is C31H32N8O3. The molecule has 1 unspecified atom stereocenters. The van der Waals surface area contributed by atoms with E-state index >= 15 is 0 Å². The van der Waals surface area contributed by atoms with Crippen molar-refractivity contribution in [1.82, 2.24) is 28.9 Å². The highest BCUT2D eigenvalue weighted by Crippen LogP contribution is 2.29. The van der Waals surface area contributed by atoms with E-state index in [9.17, 15) is 14.9 Å². The summed E-state index contributed by atoms with van der Waals surface area (Å²) in [6.07, 6.45) is 4.91. The number of amides is 1. The third kappa shape index (κ3) is 4.90. The number of nitriles is 1. The normalized spacial score (nSPS) is 17.4. The molecule has 11 heteroatoms. The van der Waals surface area contributed by atoms with E-state index in [4.69, 9.17) is 10.5 Å². The van der Waals surface area contributed by atoms with Crippen molar-refractivity contribution >= 4 is 22.9 Å². The van der Waals surface area contributed by atoms with Crippen molar-refractivity contribution in [2.45, 2.75) is 44.8 Å². The number of carbonyl (C=O) groups excluding carboxylic acids is 1. The van der Waals surface area contributed by atoms with Crippen LogP contribution in [0.3, 0.4) is 0 Å². The molecule has 0 radical (unpaired) electrons. The Labute approximate surface area is 243 Å². The monoisotopic (exact) mass is 564 g/mol. The summed E-state index contributed by atoms with van der Waals surface area (Å²) >= 11 is 0. The van der Waals surface area contributed by atoms with Gasteiger partial charge in [0.1, 0.15) is 35.0 Å². The second-order valence-corrected chi connectivity index (χ2v) is 11.2. The maximum absolute atomic E-state index is 13.9. The second-order valence-electron chi connectivity index (χ2n) is 11.2. The molecular weight excluding hydrogens is 532 g/mol. The molecule has 4 aromatic rings. The second kappa shape index (κ2) is 10.8. The van der Waals surface area contributed by atoms with Crippen molar-refractivity contribution in [3.05, 3.63) is 83.1 Å². The Morgan fingerprint density at radius 1 is 1.10 bits per heavy atom. The molecule has 0 aliphatic carbocycles. The quantitative estimate of drug-likeness (QED) is 0.254. The standard InChI is InChI=1S/C31H32N8O3/c1-31(2,36-14-6-15-36)17-21(18-32)29(40)37-16-13-23(37)19-38-28-26(27(33)34-20-35-28)39(30(38)41)22-9-11-25(12-10-22)42-24-7-4-3-5-8-24/h3-5,7-12,17,20,23H,6,13-16,19H2,1-2H3,(H2,33,34,35). The zero-order valence-electron chi connectivity index (χ0n) is 23.6. The Kier molecular flexibility index (Phi) is 7.00. The minimum Gasteiger partial charge on any atom is -0.457 e. The number of hydrogen-bond donors (Lipinski definition) is 1. The number of fused-ring (bicyclic) bond motifs is 1. The zero-order chi connectivity index (χ0) is 29.4. The van der Waals surface area contributed by atoms with Gasteiger partial charge in [0.15, 0.2) is 11.5 Å². The fourth-order valence-corrected chi connectivity index (χ4v) is 5.54. The van der Waals surface area contributed by atoms with Gasteiger partial charge in [-0.1, -0.05) is 18.2 Å². The summed E-state index contributed by atoms with van der Waals surface area (Å²) in [5, 5.41) is 9.84. The van der Waals surface area contributed by atoms with Crippen LogP contribution in [-0.2, 0) is 11.3 Å². The summed E-state index contributed by atoms with van der Waals surface area (Å²) in [5.74, 6) is 1.18. The first-order valence-electron chi connectivity index (χ1n) is 14.0. The molecule has 2 aliphatic heterocycles. The summed E-state index contributed by atoms with van der Waals surface area (Å²) in [5.41, 5.74) is 7.00. The van der Waals surface area contributed by atoms with Crippen molar-refractivity contribution in [3.8, 4) is 23.3 Å². The molecule has 1 atom stereocenters. The van der Waals surface area contributed by atoms with Crippen LogP contribution in [0, 0.1) is 11.3 Å². The van der Waals surface area contributed by atoms with Gasteiger partial charge in [0.2, 0.25) is 0 Å². The topological polar surface area (TPSA) is 135 Å². The van der Waals surface area contributed by atoms with Gasteiger partial charge in [-0.15, -0.1) is 0 Å². The lowest BCUT2D eigenvalue weighted by Crippen LogP contribution is -2.55. The highest BCUT2D eigenvalue weighted by atomic mass is 16.5. The van der Waals surface area contributed by atoms with E-state index < -0.39 is 0 Å². The predicted octanol–water partition coefficient (Wildman–Crippen LogP) is 3.49. The number of benzene rings is 2. The van der Waals surface area contributed by atoms with Gasteiger partial charge in [-0.2, -0.15) is 5.26 Å². The minimum absolute atomic E-state index is 0.121. The lowest BCUT2D eigenvalue weighted by atomic mass is 9.93. The molecule has 42 heavy (non-hydrogen) atoms. The highest BCUT2D eigenvalue weighted by Gasteiger charge is 2.37. The van der Waals surface area contributed by atoms with E-state index in [1.165, 1.54) is 15.5 Å². The molecule has 11 nitrogen and oxygen atoms in total. The van der Waals surface area contributed by atoms with Crippen molar-refractivity contribution in [2.24, 2.45) is 0 Å². The van der Waals surface area contributed by atoms with Crippen LogP contribution < -0.4 is 16.2 Å². The Balaban J connectivity index is 1.28. The molecule has 2 saturated heterocycles. The van der Waals surface area contributed by atoms with E-state index in [2.05, 4.69) is 20.9 Å². The fraction of sp³-hybridized carbons (Fsp3) is 0.323. The van der Waals surface area contributed by atoms with Crippen LogP contribution in [-0.4, -0.2) is 66.0 Å². The molecule has 2 aromatic carbocycles. The summed E-state index contributed by atoms with van der Waals surface area (Å²) < 4.78 is 8.91. The average Bonchev–Trinajstić information content (AvgIpc) is 3.21. The smallest absolute Gasteiger partial charge is 0.335 e. The molecule has 6 rings (SSSR count). The van der Waals surface area contributed by atoms with Crippen molar-refractivity contribution in [3.63, 3.8) is 0 Å². The van der Waals surface area contributed by atoms with E-state index in [1.54, 1.807) is 35.2 Å². The van der Waals surface area contributed by atoms with E-state index in [1.807, 2.05) is 44.2 Å². The number of nitrogen functional groups attached to an aromatic ring is 1. The van der Waals surface area contributed by atoms with Gasteiger partial charge < -0.3 is 15.4 Å². The largest absolute Gasteiger partial charge is 0.457 e. The van der Waals surface area contributed by atoms with Crippen molar-refractivity contribution in [2.75, 3.05) is 25.4 Å². The summed E-state index contributed by atoms with van der Waals surface area (Å²) in [4.78, 5) is 39.7. The lowest BCUT2D eigenvalue weighted by molar-refractivity contribution is -0.134. The SMILES string of the molecule is CC(C)(C=C(C#N)C(=O)N1CCC1Cn1c(=O)n(-c2ccc(Oc3ccccc3)cc2)c2c(N)ncnc21)N1CCC1. The minimum atomic E-state index is -0.389. The number of ether oxygens (including phenoxy) is 1. The summed E-state index contributed by atoms with van der Waals surface area (Å²) in [6, 6.07) is 18.4. The molecule has 0 bridgehead atoms. The van der Waals surface area contributed by atoms with Crippen LogP contribution in [0.2, 0.25) is 0 Å². The Morgan fingerprint density at radius 3 is 2.43 bits per heavy atom. The number of hydrogen-bond acceptors (Lipinski definition) is 8. The number of nitrogens with zero attached hydrogens (tertiary/aromatic N) is 7. The predicted molar refractivity (Wildman–Crippen MR) is 158 cm³/mol. The van der Waals surface area contributed by atoms with Gasteiger partial charge in [-0.25, -0.2) is 14.8 Å².